The number of benzene rings is 5. The Bertz CT molecular complexity index is 1900. The zero-order valence-electron chi connectivity index (χ0n) is 25.5. The van der Waals surface area contributed by atoms with Crippen LogP contribution in [-0.2, 0) is 0 Å². The van der Waals surface area contributed by atoms with E-state index in [4.69, 9.17) is 0 Å². The van der Waals surface area contributed by atoms with E-state index < -0.39 is 0 Å². The van der Waals surface area contributed by atoms with Crippen LogP contribution in [0.2, 0.25) is 0 Å². The fourth-order valence-electron chi connectivity index (χ4n) is 6.83. The van der Waals surface area contributed by atoms with Gasteiger partial charge in [-0.05, 0) is 159 Å². The second-order valence-corrected chi connectivity index (χ2v) is 12.3. The van der Waals surface area contributed by atoms with E-state index in [0.717, 1.165) is 0 Å². The maximum absolute atomic E-state index is 2.53. The van der Waals surface area contributed by atoms with Gasteiger partial charge in [-0.15, -0.1) is 0 Å². The van der Waals surface area contributed by atoms with Gasteiger partial charge in [-0.2, -0.15) is 0 Å². The minimum Gasteiger partial charge on any atom is -0.311 e. The number of aryl methyl sites for hydroxylation is 7. The lowest BCUT2D eigenvalue weighted by molar-refractivity contribution is 1.20. The maximum atomic E-state index is 2.53. The average Bonchev–Trinajstić information content (AvgIpc) is 2.95. The highest BCUT2D eigenvalue weighted by Gasteiger charge is 2.43. The summed E-state index contributed by atoms with van der Waals surface area (Å²) < 4.78 is 0. The van der Waals surface area contributed by atoms with Gasteiger partial charge in [-0.25, -0.2) is 0 Å². The van der Waals surface area contributed by atoms with Crippen molar-refractivity contribution in [3.05, 3.63) is 123 Å². The quantitative estimate of drug-likeness (QED) is 0.207. The molecule has 0 fully saturated rings. The van der Waals surface area contributed by atoms with E-state index in [-0.39, 0.29) is 6.71 Å². The fourth-order valence-corrected chi connectivity index (χ4v) is 6.83. The molecule has 0 unspecified atom stereocenters. The van der Waals surface area contributed by atoms with Crippen molar-refractivity contribution >= 4 is 57.2 Å². The van der Waals surface area contributed by atoms with Crippen LogP contribution in [0.5, 0.6) is 0 Å². The van der Waals surface area contributed by atoms with E-state index in [0.29, 0.717) is 0 Å². The Hall–Kier alpha value is -4.24. The standard InChI is InChI=1S/C38H37BN2/c1-22-12-15-30(18-25(22)4)40-34-10-9-11-35-37(34)39(33-20-27(6)28(7)21-36(33)40)32-17-14-24(3)29(8)38(32)41(35)31-16-13-23(2)26(5)19-31/h9-21H,1-8H3. The Labute approximate surface area is 245 Å². The topological polar surface area (TPSA) is 6.48 Å². The van der Waals surface area contributed by atoms with Crippen molar-refractivity contribution in [2.24, 2.45) is 0 Å². The SMILES string of the molecule is Cc1ccc(N2c3cc(C)c(C)cc3B3c4ccc(C)c(C)c4N(c4ccc(C)c(C)c4)c4cccc2c43)cc1C. The lowest BCUT2D eigenvalue weighted by atomic mass is 9.33. The third kappa shape index (κ3) is 3.71. The van der Waals surface area contributed by atoms with Crippen LogP contribution < -0.4 is 26.2 Å². The molecule has 2 heterocycles. The summed E-state index contributed by atoms with van der Waals surface area (Å²) in [5.41, 5.74) is 22.3. The summed E-state index contributed by atoms with van der Waals surface area (Å²) in [4.78, 5) is 5.04. The number of nitrogens with zero attached hydrogens (tertiary/aromatic N) is 2. The molecule has 2 aliphatic heterocycles. The molecule has 202 valence electrons. The van der Waals surface area contributed by atoms with Gasteiger partial charge < -0.3 is 9.80 Å². The van der Waals surface area contributed by atoms with Gasteiger partial charge in [-0.1, -0.05) is 36.4 Å². The third-order valence-corrected chi connectivity index (χ3v) is 9.79. The van der Waals surface area contributed by atoms with E-state index >= 15 is 0 Å². The average molecular weight is 533 g/mol. The van der Waals surface area contributed by atoms with Gasteiger partial charge >= 0.3 is 0 Å². The highest BCUT2D eigenvalue weighted by atomic mass is 15.2. The molecule has 0 aliphatic carbocycles. The van der Waals surface area contributed by atoms with Crippen molar-refractivity contribution in [3.8, 4) is 0 Å². The van der Waals surface area contributed by atoms with Crippen molar-refractivity contribution in [1.82, 2.24) is 0 Å². The summed E-state index contributed by atoms with van der Waals surface area (Å²) in [6, 6.07) is 30.3. The van der Waals surface area contributed by atoms with Crippen molar-refractivity contribution in [1.29, 1.82) is 0 Å². The molecule has 0 amide bonds. The molecule has 0 saturated heterocycles. The largest absolute Gasteiger partial charge is 0.311 e. The summed E-state index contributed by atoms with van der Waals surface area (Å²) in [6.45, 7) is 18.0. The van der Waals surface area contributed by atoms with Crippen LogP contribution in [0.4, 0.5) is 34.1 Å². The first-order valence-electron chi connectivity index (χ1n) is 14.7. The van der Waals surface area contributed by atoms with Crippen LogP contribution in [0.3, 0.4) is 0 Å². The van der Waals surface area contributed by atoms with E-state index in [2.05, 4.69) is 144 Å². The summed E-state index contributed by atoms with van der Waals surface area (Å²) in [5.74, 6) is 0. The molecule has 0 N–H and O–H groups in total. The number of anilines is 6. The van der Waals surface area contributed by atoms with Crippen molar-refractivity contribution in [3.63, 3.8) is 0 Å². The van der Waals surface area contributed by atoms with Gasteiger partial charge in [0.15, 0.2) is 0 Å². The summed E-state index contributed by atoms with van der Waals surface area (Å²) in [5, 5.41) is 0. The van der Waals surface area contributed by atoms with Gasteiger partial charge in [-0.3, -0.25) is 0 Å². The first-order valence-corrected chi connectivity index (χ1v) is 14.7. The number of fused-ring (bicyclic) bond motifs is 4. The van der Waals surface area contributed by atoms with E-state index in [9.17, 15) is 0 Å². The molecule has 7 rings (SSSR count). The molecular formula is C38H37BN2. The molecule has 41 heavy (non-hydrogen) atoms. The molecule has 0 saturated carbocycles. The van der Waals surface area contributed by atoms with Crippen LogP contribution in [-0.4, -0.2) is 6.71 Å². The molecule has 2 nitrogen and oxygen atoms in total. The Balaban J connectivity index is 1.60. The highest BCUT2D eigenvalue weighted by molar-refractivity contribution is 7.00. The molecule has 0 atom stereocenters. The van der Waals surface area contributed by atoms with Crippen LogP contribution in [0.1, 0.15) is 44.5 Å². The Morgan fingerprint density at radius 1 is 0.439 bits per heavy atom. The lowest BCUT2D eigenvalue weighted by Crippen LogP contribution is -2.61. The third-order valence-electron chi connectivity index (χ3n) is 9.79. The van der Waals surface area contributed by atoms with Crippen LogP contribution in [0.15, 0.2) is 78.9 Å². The van der Waals surface area contributed by atoms with E-state index in [1.54, 1.807) is 0 Å². The Morgan fingerprint density at radius 3 is 1.61 bits per heavy atom. The van der Waals surface area contributed by atoms with Crippen molar-refractivity contribution in [2.45, 2.75) is 55.4 Å². The lowest BCUT2D eigenvalue weighted by Gasteiger charge is -2.45. The van der Waals surface area contributed by atoms with Gasteiger partial charge in [0, 0.05) is 34.1 Å². The normalized spacial score (nSPS) is 13.2. The second kappa shape index (κ2) is 9.14. The minimum absolute atomic E-state index is 0.162. The van der Waals surface area contributed by atoms with Crippen molar-refractivity contribution < 1.29 is 0 Å². The smallest absolute Gasteiger partial charge is 0.252 e. The summed E-state index contributed by atoms with van der Waals surface area (Å²) in [7, 11) is 0. The summed E-state index contributed by atoms with van der Waals surface area (Å²) >= 11 is 0. The van der Waals surface area contributed by atoms with E-state index in [1.165, 1.54) is 95.0 Å². The molecule has 2 aliphatic rings. The highest BCUT2D eigenvalue weighted by Crippen LogP contribution is 2.45. The zero-order chi connectivity index (χ0) is 28.7. The number of rotatable bonds is 2. The molecule has 0 radical (unpaired) electrons. The minimum atomic E-state index is 0.162. The Kier molecular flexibility index (Phi) is 5.73. The fraction of sp³-hybridized carbons (Fsp3) is 0.211. The van der Waals surface area contributed by atoms with Gasteiger partial charge in [0.25, 0.3) is 6.71 Å². The van der Waals surface area contributed by atoms with Gasteiger partial charge in [0.2, 0.25) is 0 Å². The summed E-state index contributed by atoms with van der Waals surface area (Å²) in [6.07, 6.45) is 0. The van der Waals surface area contributed by atoms with Crippen LogP contribution in [0, 0.1) is 55.4 Å². The molecular weight excluding hydrogens is 495 g/mol. The zero-order valence-corrected chi connectivity index (χ0v) is 25.5. The number of hydrogen-bond donors (Lipinski definition) is 0. The van der Waals surface area contributed by atoms with Crippen LogP contribution in [0.25, 0.3) is 0 Å². The van der Waals surface area contributed by atoms with Crippen molar-refractivity contribution in [2.75, 3.05) is 9.80 Å². The first-order chi connectivity index (χ1) is 19.7. The molecule has 5 aromatic rings. The monoisotopic (exact) mass is 532 g/mol. The molecule has 0 spiro atoms. The van der Waals surface area contributed by atoms with Crippen LogP contribution >= 0.6 is 0 Å². The molecule has 0 aromatic heterocycles. The maximum Gasteiger partial charge on any atom is 0.252 e. The van der Waals surface area contributed by atoms with Gasteiger partial charge in [0.1, 0.15) is 0 Å². The predicted octanol–water partition coefficient (Wildman–Crippen LogP) is 8.24. The molecule has 5 aromatic carbocycles. The Morgan fingerprint density at radius 2 is 0.976 bits per heavy atom. The molecule has 0 bridgehead atoms. The predicted molar refractivity (Wildman–Crippen MR) is 178 cm³/mol. The van der Waals surface area contributed by atoms with E-state index in [1.807, 2.05) is 0 Å². The number of hydrogen-bond acceptors (Lipinski definition) is 2. The molecule has 3 heteroatoms. The van der Waals surface area contributed by atoms with Gasteiger partial charge in [0.05, 0.1) is 0 Å². The second-order valence-electron chi connectivity index (χ2n) is 12.3. The first kappa shape index (κ1) is 25.7.